The average Bonchev–Trinajstić information content (AvgIpc) is 2.65. The summed E-state index contributed by atoms with van der Waals surface area (Å²) in [6.45, 7) is 3.31. The predicted octanol–water partition coefficient (Wildman–Crippen LogP) is -0.787. The number of carbonyl (C=O) groups is 2. The summed E-state index contributed by atoms with van der Waals surface area (Å²) in [4.78, 5) is 22.6. The lowest BCUT2D eigenvalue weighted by Crippen LogP contribution is -2.47. The monoisotopic (exact) mass is 324 g/mol. The van der Waals surface area contributed by atoms with Crippen LogP contribution in [0.2, 0.25) is 0 Å². The highest BCUT2D eigenvalue weighted by Gasteiger charge is 2.34. The molecule has 0 aromatic rings. The third-order valence-corrected chi connectivity index (χ3v) is 6.36. The molecule has 4 N–H and O–H groups in total. The second-order valence-electron chi connectivity index (χ2n) is 5.38. The van der Waals surface area contributed by atoms with Crippen LogP contribution in [-0.2, 0) is 19.4 Å². The Labute approximate surface area is 122 Å². The molecule has 1 aliphatic heterocycles. The van der Waals surface area contributed by atoms with Gasteiger partial charge in [-0.1, -0.05) is 0 Å². The van der Waals surface area contributed by atoms with Crippen LogP contribution in [0.25, 0.3) is 0 Å². The van der Waals surface area contributed by atoms with E-state index in [1.54, 1.807) is 13.8 Å². The first-order valence-corrected chi connectivity index (χ1v) is 8.96. The van der Waals surface area contributed by atoms with Gasteiger partial charge in [0.05, 0.1) is 17.3 Å². The van der Waals surface area contributed by atoms with Gasteiger partial charge in [-0.15, -0.1) is 11.8 Å². The molecule has 0 aromatic carbocycles. The zero-order chi connectivity index (χ0) is 15.6. The lowest BCUT2D eigenvalue weighted by atomic mass is 10.1. The van der Waals surface area contributed by atoms with Crippen molar-refractivity contribution in [2.75, 3.05) is 17.3 Å². The van der Waals surface area contributed by atoms with Gasteiger partial charge >= 0.3 is 5.97 Å². The Bertz CT molecular complexity index is 489. The summed E-state index contributed by atoms with van der Waals surface area (Å²) in [6.07, 6.45) is 0.427. The summed E-state index contributed by atoms with van der Waals surface area (Å²) < 4.78 is 21.7. The van der Waals surface area contributed by atoms with Crippen LogP contribution in [0.4, 0.5) is 0 Å². The number of carbonyl (C=O) groups excluding carboxylic acids is 1. The van der Waals surface area contributed by atoms with Crippen LogP contribution in [0, 0.1) is 0 Å². The average molecular weight is 324 g/mol. The van der Waals surface area contributed by atoms with Crippen molar-refractivity contribution in [1.82, 2.24) is 5.32 Å². The van der Waals surface area contributed by atoms with Crippen LogP contribution in [-0.4, -0.2) is 59.5 Å². The number of hydrogen-bond acceptors (Lipinski definition) is 6. The van der Waals surface area contributed by atoms with E-state index in [1.807, 2.05) is 0 Å². The van der Waals surface area contributed by atoms with Crippen molar-refractivity contribution >= 4 is 33.5 Å². The molecule has 20 heavy (non-hydrogen) atoms. The zero-order valence-corrected chi connectivity index (χ0v) is 13.1. The number of nitrogens with two attached hydrogens (primary N) is 1. The van der Waals surface area contributed by atoms with E-state index in [-0.39, 0.29) is 29.2 Å². The molecule has 0 saturated carbocycles. The standard InChI is InChI=1S/C11H20N2O5S2/c1-11(2,9(12)10(15)16)19-5-8(14)13-7-3-4-20(17,18)6-7/h7,9H,3-6,12H2,1-2H3,(H,13,14)(H,15,16)/t7?,9-/m0/s1. The quantitative estimate of drug-likeness (QED) is 0.584. The topological polar surface area (TPSA) is 127 Å². The molecule has 2 atom stereocenters. The van der Waals surface area contributed by atoms with Crippen molar-refractivity contribution < 1.29 is 23.1 Å². The Morgan fingerprint density at radius 2 is 2.10 bits per heavy atom. The minimum Gasteiger partial charge on any atom is -0.480 e. The van der Waals surface area contributed by atoms with E-state index in [0.717, 1.165) is 11.8 Å². The summed E-state index contributed by atoms with van der Waals surface area (Å²) in [6, 6.07) is -1.42. The Morgan fingerprint density at radius 3 is 2.55 bits per heavy atom. The second kappa shape index (κ2) is 6.31. The number of sulfone groups is 1. The molecule has 1 rings (SSSR count). The molecule has 1 fully saturated rings. The van der Waals surface area contributed by atoms with Gasteiger partial charge in [0.1, 0.15) is 6.04 Å². The number of carboxylic acid groups (broad SMARTS) is 1. The lowest BCUT2D eigenvalue weighted by Gasteiger charge is -2.27. The third-order valence-electron chi connectivity index (χ3n) is 3.19. The van der Waals surface area contributed by atoms with Crippen LogP contribution >= 0.6 is 11.8 Å². The maximum absolute atomic E-state index is 11.7. The fourth-order valence-corrected chi connectivity index (χ4v) is 4.36. The normalized spacial score (nSPS) is 23.2. The van der Waals surface area contributed by atoms with Gasteiger partial charge in [-0.05, 0) is 20.3 Å². The first kappa shape index (κ1) is 17.3. The SMILES string of the molecule is CC(C)(SCC(=O)NC1CCS(=O)(=O)C1)[C@@H](N)C(=O)O. The van der Waals surface area contributed by atoms with E-state index >= 15 is 0 Å². The van der Waals surface area contributed by atoms with Crippen LogP contribution in [0.1, 0.15) is 20.3 Å². The minimum absolute atomic E-state index is 0.0263. The van der Waals surface area contributed by atoms with E-state index < -0.39 is 26.6 Å². The number of nitrogens with one attached hydrogen (secondary N) is 1. The highest BCUT2D eigenvalue weighted by atomic mass is 32.2. The number of thioether (sulfide) groups is 1. The van der Waals surface area contributed by atoms with E-state index in [9.17, 15) is 18.0 Å². The number of aliphatic carboxylic acids is 1. The molecule has 9 heteroatoms. The number of carboxylic acids is 1. The molecule has 1 heterocycles. The van der Waals surface area contributed by atoms with E-state index in [1.165, 1.54) is 0 Å². The van der Waals surface area contributed by atoms with Crippen molar-refractivity contribution in [2.24, 2.45) is 5.73 Å². The first-order chi connectivity index (χ1) is 9.03. The highest BCUT2D eigenvalue weighted by Crippen LogP contribution is 2.27. The molecule has 0 aliphatic carbocycles. The van der Waals surface area contributed by atoms with Crippen LogP contribution in [0.3, 0.4) is 0 Å². The van der Waals surface area contributed by atoms with Crippen molar-refractivity contribution in [3.05, 3.63) is 0 Å². The fourth-order valence-electron chi connectivity index (χ4n) is 1.82. The summed E-state index contributed by atoms with van der Waals surface area (Å²) >= 11 is 1.14. The van der Waals surface area contributed by atoms with E-state index in [0.29, 0.717) is 6.42 Å². The minimum atomic E-state index is -3.03. The van der Waals surface area contributed by atoms with Gasteiger partial charge in [0.25, 0.3) is 0 Å². The molecule has 1 aliphatic rings. The van der Waals surface area contributed by atoms with Crippen LogP contribution in [0.15, 0.2) is 0 Å². The van der Waals surface area contributed by atoms with E-state index in [4.69, 9.17) is 10.8 Å². The Morgan fingerprint density at radius 1 is 1.50 bits per heavy atom. The van der Waals surface area contributed by atoms with Gasteiger partial charge in [0.15, 0.2) is 9.84 Å². The number of amides is 1. The van der Waals surface area contributed by atoms with Gasteiger partial charge in [0, 0.05) is 10.8 Å². The molecule has 0 radical (unpaired) electrons. The van der Waals surface area contributed by atoms with Gasteiger partial charge in [-0.25, -0.2) is 8.42 Å². The molecule has 1 amide bonds. The summed E-state index contributed by atoms with van der Waals surface area (Å²) in [7, 11) is -3.03. The summed E-state index contributed by atoms with van der Waals surface area (Å²) in [5, 5.41) is 11.5. The maximum atomic E-state index is 11.7. The third kappa shape index (κ3) is 4.95. The molecular weight excluding hydrogens is 304 g/mol. The van der Waals surface area contributed by atoms with Gasteiger partial charge in [-0.3, -0.25) is 9.59 Å². The van der Waals surface area contributed by atoms with Gasteiger partial charge in [-0.2, -0.15) is 0 Å². The van der Waals surface area contributed by atoms with Crippen LogP contribution < -0.4 is 11.1 Å². The summed E-state index contributed by atoms with van der Waals surface area (Å²) in [5.41, 5.74) is 5.55. The fraction of sp³-hybridized carbons (Fsp3) is 0.818. The Balaban J connectivity index is 2.42. The molecular formula is C11H20N2O5S2. The molecule has 0 aromatic heterocycles. The van der Waals surface area contributed by atoms with Crippen molar-refractivity contribution in [3.8, 4) is 0 Å². The first-order valence-electron chi connectivity index (χ1n) is 6.15. The van der Waals surface area contributed by atoms with Crippen molar-refractivity contribution in [2.45, 2.75) is 37.1 Å². The second-order valence-corrected chi connectivity index (χ2v) is 9.23. The van der Waals surface area contributed by atoms with Crippen molar-refractivity contribution in [1.29, 1.82) is 0 Å². The smallest absolute Gasteiger partial charge is 0.321 e. The number of hydrogen-bond donors (Lipinski definition) is 3. The summed E-state index contributed by atoms with van der Waals surface area (Å²) in [5.74, 6) is -1.31. The molecule has 0 spiro atoms. The Kier molecular flexibility index (Phi) is 5.45. The largest absolute Gasteiger partial charge is 0.480 e. The number of rotatable bonds is 6. The molecule has 0 bridgehead atoms. The predicted molar refractivity (Wildman–Crippen MR) is 77.3 cm³/mol. The molecule has 116 valence electrons. The van der Waals surface area contributed by atoms with Crippen molar-refractivity contribution in [3.63, 3.8) is 0 Å². The Hall–Kier alpha value is -0.800. The molecule has 1 saturated heterocycles. The van der Waals surface area contributed by atoms with E-state index in [2.05, 4.69) is 5.32 Å². The van der Waals surface area contributed by atoms with Crippen LogP contribution in [0.5, 0.6) is 0 Å². The molecule has 7 nitrogen and oxygen atoms in total. The maximum Gasteiger partial charge on any atom is 0.321 e. The van der Waals surface area contributed by atoms with Gasteiger partial charge in [0.2, 0.25) is 5.91 Å². The zero-order valence-electron chi connectivity index (χ0n) is 11.5. The molecule has 1 unspecified atom stereocenters. The van der Waals surface area contributed by atoms with Gasteiger partial charge < -0.3 is 16.2 Å². The lowest BCUT2D eigenvalue weighted by molar-refractivity contribution is -0.139. The highest BCUT2D eigenvalue weighted by molar-refractivity contribution is 8.01.